The maximum absolute atomic E-state index is 11.8. The van der Waals surface area contributed by atoms with E-state index in [2.05, 4.69) is 10.6 Å². The second-order valence-electron chi connectivity index (χ2n) is 5.46. The average molecular weight is 333 g/mol. The molecule has 0 aliphatic rings. The predicted molar refractivity (Wildman–Crippen MR) is 94.6 cm³/mol. The van der Waals surface area contributed by atoms with Crippen molar-refractivity contribution in [2.75, 3.05) is 18.5 Å². The van der Waals surface area contributed by atoms with Gasteiger partial charge in [0.25, 0.3) is 0 Å². The van der Waals surface area contributed by atoms with Gasteiger partial charge in [0.2, 0.25) is 0 Å². The highest BCUT2D eigenvalue weighted by molar-refractivity contribution is 6.32. The third kappa shape index (κ3) is 5.18. The van der Waals surface area contributed by atoms with Crippen molar-refractivity contribution in [2.45, 2.75) is 20.8 Å². The van der Waals surface area contributed by atoms with Crippen LogP contribution in [0.4, 0.5) is 10.5 Å². The molecule has 0 radical (unpaired) electrons. The molecule has 0 aliphatic heterocycles. The fourth-order valence-electron chi connectivity index (χ4n) is 2.04. The van der Waals surface area contributed by atoms with E-state index in [1.165, 1.54) is 5.56 Å². The van der Waals surface area contributed by atoms with Crippen LogP contribution in [0.3, 0.4) is 0 Å². The van der Waals surface area contributed by atoms with Gasteiger partial charge in [0.15, 0.2) is 0 Å². The van der Waals surface area contributed by atoms with E-state index in [1.54, 1.807) is 6.07 Å². The molecule has 2 amide bonds. The van der Waals surface area contributed by atoms with E-state index in [0.717, 1.165) is 16.8 Å². The third-order valence-corrected chi connectivity index (χ3v) is 3.81. The second-order valence-corrected chi connectivity index (χ2v) is 5.87. The summed E-state index contributed by atoms with van der Waals surface area (Å²) in [5.41, 5.74) is 4.18. The minimum atomic E-state index is -0.257. The van der Waals surface area contributed by atoms with Gasteiger partial charge in [0, 0.05) is 5.69 Å². The van der Waals surface area contributed by atoms with E-state index < -0.39 is 0 Å². The number of carbonyl (C=O) groups excluding carboxylic acids is 1. The standard InChI is InChI=1S/C18H21ClN2O2/c1-12-4-7-16(19)17(10-12)23-9-8-20-18(22)21-15-6-5-13(2)14(3)11-15/h4-7,10-11H,8-9H2,1-3H3,(H2,20,21,22). The molecular formula is C18H21ClN2O2. The normalized spacial score (nSPS) is 10.3. The number of urea groups is 1. The van der Waals surface area contributed by atoms with Crippen molar-refractivity contribution in [3.05, 3.63) is 58.1 Å². The molecule has 0 spiro atoms. The third-order valence-electron chi connectivity index (χ3n) is 3.50. The van der Waals surface area contributed by atoms with Crippen LogP contribution in [0.15, 0.2) is 36.4 Å². The number of hydrogen-bond donors (Lipinski definition) is 2. The number of aryl methyl sites for hydroxylation is 3. The first-order valence-electron chi connectivity index (χ1n) is 7.47. The average Bonchev–Trinajstić information content (AvgIpc) is 2.51. The minimum Gasteiger partial charge on any atom is -0.490 e. The van der Waals surface area contributed by atoms with Crippen molar-refractivity contribution in [3.8, 4) is 5.75 Å². The summed E-state index contributed by atoms with van der Waals surface area (Å²) < 4.78 is 5.58. The molecule has 0 aliphatic carbocycles. The first-order chi connectivity index (χ1) is 11.0. The van der Waals surface area contributed by atoms with Crippen molar-refractivity contribution < 1.29 is 9.53 Å². The molecule has 2 aromatic rings. The molecule has 5 heteroatoms. The molecule has 0 heterocycles. The fourth-order valence-corrected chi connectivity index (χ4v) is 2.21. The summed E-state index contributed by atoms with van der Waals surface area (Å²) >= 11 is 6.05. The molecule has 0 fully saturated rings. The molecule has 0 bridgehead atoms. The first kappa shape index (κ1) is 17.2. The van der Waals surface area contributed by atoms with E-state index in [-0.39, 0.29) is 6.03 Å². The van der Waals surface area contributed by atoms with E-state index in [9.17, 15) is 4.79 Å². The Balaban J connectivity index is 1.76. The molecule has 0 aromatic heterocycles. The summed E-state index contributed by atoms with van der Waals surface area (Å²) in [6, 6.07) is 11.1. The van der Waals surface area contributed by atoms with Crippen molar-refractivity contribution in [1.82, 2.24) is 5.32 Å². The molecule has 4 nitrogen and oxygen atoms in total. The quantitative estimate of drug-likeness (QED) is 0.794. The summed E-state index contributed by atoms with van der Waals surface area (Å²) in [7, 11) is 0. The van der Waals surface area contributed by atoms with Crippen molar-refractivity contribution >= 4 is 23.3 Å². The Morgan fingerprint density at radius 3 is 2.61 bits per heavy atom. The van der Waals surface area contributed by atoms with Crippen LogP contribution >= 0.6 is 11.6 Å². The van der Waals surface area contributed by atoms with Gasteiger partial charge in [0.05, 0.1) is 11.6 Å². The van der Waals surface area contributed by atoms with E-state index in [0.29, 0.717) is 23.9 Å². The number of carbonyl (C=O) groups is 1. The van der Waals surface area contributed by atoms with Gasteiger partial charge < -0.3 is 15.4 Å². The van der Waals surface area contributed by atoms with E-state index in [4.69, 9.17) is 16.3 Å². The summed E-state index contributed by atoms with van der Waals surface area (Å²) in [5, 5.41) is 6.11. The van der Waals surface area contributed by atoms with Gasteiger partial charge in [0.1, 0.15) is 12.4 Å². The lowest BCUT2D eigenvalue weighted by Gasteiger charge is -2.11. The van der Waals surface area contributed by atoms with Crippen LogP contribution in [-0.2, 0) is 0 Å². The Morgan fingerprint density at radius 1 is 1.09 bits per heavy atom. The predicted octanol–water partition coefficient (Wildman–Crippen LogP) is 4.47. The smallest absolute Gasteiger partial charge is 0.319 e. The van der Waals surface area contributed by atoms with Crippen LogP contribution in [0, 0.1) is 20.8 Å². The monoisotopic (exact) mass is 332 g/mol. The van der Waals surface area contributed by atoms with Gasteiger partial charge in [-0.3, -0.25) is 0 Å². The lowest BCUT2D eigenvalue weighted by molar-refractivity contribution is 0.247. The second kappa shape index (κ2) is 7.88. The number of ether oxygens (including phenoxy) is 1. The van der Waals surface area contributed by atoms with Crippen LogP contribution in [0.1, 0.15) is 16.7 Å². The Labute approximate surface area is 141 Å². The highest BCUT2D eigenvalue weighted by Crippen LogP contribution is 2.24. The maximum Gasteiger partial charge on any atom is 0.319 e. The van der Waals surface area contributed by atoms with Crippen LogP contribution in [-0.4, -0.2) is 19.2 Å². The molecule has 0 saturated carbocycles. The largest absolute Gasteiger partial charge is 0.490 e. The van der Waals surface area contributed by atoms with Gasteiger partial charge in [-0.05, 0) is 61.7 Å². The number of anilines is 1. The molecule has 0 unspecified atom stereocenters. The summed E-state index contributed by atoms with van der Waals surface area (Å²) in [6.07, 6.45) is 0. The maximum atomic E-state index is 11.8. The van der Waals surface area contributed by atoms with Crippen molar-refractivity contribution in [1.29, 1.82) is 0 Å². The Bertz CT molecular complexity index is 701. The van der Waals surface area contributed by atoms with Gasteiger partial charge in [-0.15, -0.1) is 0 Å². The fraction of sp³-hybridized carbons (Fsp3) is 0.278. The topological polar surface area (TPSA) is 50.4 Å². The van der Waals surface area contributed by atoms with Gasteiger partial charge in [-0.2, -0.15) is 0 Å². The summed E-state index contributed by atoms with van der Waals surface area (Å²) in [4.78, 5) is 11.8. The zero-order valence-corrected chi connectivity index (χ0v) is 14.3. The van der Waals surface area contributed by atoms with Crippen LogP contribution in [0.25, 0.3) is 0 Å². The molecule has 0 saturated heterocycles. The van der Waals surface area contributed by atoms with E-state index >= 15 is 0 Å². The lowest BCUT2D eigenvalue weighted by Crippen LogP contribution is -2.32. The highest BCUT2D eigenvalue weighted by atomic mass is 35.5. The zero-order chi connectivity index (χ0) is 16.8. The number of benzene rings is 2. The van der Waals surface area contributed by atoms with E-state index in [1.807, 2.05) is 51.1 Å². The van der Waals surface area contributed by atoms with Crippen LogP contribution in [0.2, 0.25) is 5.02 Å². The Kier molecular flexibility index (Phi) is 5.88. The molecular weight excluding hydrogens is 312 g/mol. The molecule has 2 rings (SSSR count). The van der Waals surface area contributed by atoms with Gasteiger partial charge in [-0.25, -0.2) is 4.79 Å². The number of hydrogen-bond acceptors (Lipinski definition) is 2. The zero-order valence-electron chi connectivity index (χ0n) is 13.6. The summed E-state index contributed by atoms with van der Waals surface area (Å²) in [5.74, 6) is 0.628. The molecule has 2 N–H and O–H groups in total. The van der Waals surface area contributed by atoms with Crippen molar-refractivity contribution in [2.24, 2.45) is 0 Å². The number of amides is 2. The number of rotatable bonds is 5. The Hall–Kier alpha value is -2.20. The molecule has 23 heavy (non-hydrogen) atoms. The van der Waals surface area contributed by atoms with Gasteiger partial charge in [-0.1, -0.05) is 23.7 Å². The number of nitrogens with one attached hydrogen (secondary N) is 2. The number of halogens is 1. The first-order valence-corrected chi connectivity index (χ1v) is 7.84. The lowest BCUT2D eigenvalue weighted by atomic mass is 10.1. The van der Waals surface area contributed by atoms with Crippen molar-refractivity contribution in [3.63, 3.8) is 0 Å². The van der Waals surface area contributed by atoms with Crippen LogP contribution in [0.5, 0.6) is 5.75 Å². The molecule has 2 aromatic carbocycles. The van der Waals surface area contributed by atoms with Crippen LogP contribution < -0.4 is 15.4 Å². The molecule has 122 valence electrons. The summed E-state index contributed by atoms with van der Waals surface area (Å²) in [6.45, 7) is 6.76. The highest BCUT2D eigenvalue weighted by Gasteiger charge is 2.04. The Morgan fingerprint density at radius 2 is 1.87 bits per heavy atom. The SMILES string of the molecule is Cc1ccc(Cl)c(OCCNC(=O)Nc2ccc(C)c(C)c2)c1. The minimum absolute atomic E-state index is 0.257. The van der Waals surface area contributed by atoms with Gasteiger partial charge >= 0.3 is 6.03 Å². The molecule has 0 atom stereocenters.